The van der Waals surface area contributed by atoms with Crippen molar-refractivity contribution >= 4 is 11.9 Å². The van der Waals surface area contributed by atoms with Crippen LogP contribution in [-0.2, 0) is 16.1 Å². The number of carboxylic acids is 1. The van der Waals surface area contributed by atoms with Gasteiger partial charge in [-0.15, -0.1) is 0 Å². The van der Waals surface area contributed by atoms with Crippen LogP contribution in [0.15, 0.2) is 54.6 Å². The van der Waals surface area contributed by atoms with Crippen molar-refractivity contribution in [1.29, 1.82) is 0 Å². The highest BCUT2D eigenvalue weighted by Gasteiger charge is 2.48. The topological polar surface area (TPSA) is 60.9 Å². The normalized spacial score (nSPS) is 23.3. The summed E-state index contributed by atoms with van der Waals surface area (Å²) in [5, 5.41) is 7.42. The molecule has 0 spiro atoms. The number of rotatable bonds is 3. The largest absolute Gasteiger partial charge is 0.481 e. The molecule has 0 bridgehead atoms. The molecule has 2 heterocycles. The van der Waals surface area contributed by atoms with Crippen LogP contribution < -0.4 is 0 Å². The van der Waals surface area contributed by atoms with Crippen LogP contribution >= 0.6 is 0 Å². The lowest BCUT2D eigenvalue weighted by Gasteiger charge is -2.29. The van der Waals surface area contributed by atoms with Gasteiger partial charge in [0.15, 0.2) is 0 Å². The fourth-order valence-electron chi connectivity index (χ4n) is 4.74. The molecule has 29 heavy (non-hydrogen) atoms. The van der Waals surface area contributed by atoms with Crippen LogP contribution in [0.25, 0.3) is 0 Å². The minimum absolute atomic E-state index is 0.202. The van der Waals surface area contributed by atoms with Gasteiger partial charge >= 0.3 is 0 Å². The molecule has 0 aromatic heterocycles. The molecule has 154 valence electrons. The number of aryl methyl sites for hydroxylation is 1. The second-order valence-electron chi connectivity index (χ2n) is 8.15. The highest BCUT2D eigenvalue weighted by atomic mass is 16.4. The average molecular weight is 395 g/mol. The van der Waals surface area contributed by atoms with Gasteiger partial charge in [-0.05, 0) is 24.0 Å². The molecule has 1 amide bonds. The molecule has 5 nitrogen and oxygen atoms in total. The standard InChI is InChI=1S/C22H26N2O.C2H4O2/c1-16-7-6-8-18(11-16)12-23-13-20-14-24(17(2)25)22(21(20)15-23)19-9-4-3-5-10-19;1-2(3)4/h3-11,20-22H,12-15H2,1-2H3;1H3,(H,3,4)/t20-,21-,22+;/m1./s1. The highest BCUT2D eigenvalue weighted by molar-refractivity contribution is 5.74. The van der Waals surface area contributed by atoms with Crippen molar-refractivity contribution in [3.05, 3.63) is 71.3 Å². The molecular formula is C24H30N2O3. The van der Waals surface area contributed by atoms with Crippen LogP contribution in [0.5, 0.6) is 0 Å². The maximum Gasteiger partial charge on any atom is 0.300 e. The van der Waals surface area contributed by atoms with E-state index in [2.05, 4.69) is 65.3 Å². The van der Waals surface area contributed by atoms with Crippen molar-refractivity contribution in [2.75, 3.05) is 19.6 Å². The average Bonchev–Trinajstić information content (AvgIpc) is 3.19. The van der Waals surface area contributed by atoms with Crippen molar-refractivity contribution < 1.29 is 14.7 Å². The molecule has 2 saturated heterocycles. The Morgan fingerprint density at radius 1 is 1.00 bits per heavy atom. The molecule has 2 aliphatic heterocycles. The zero-order valence-corrected chi connectivity index (χ0v) is 17.4. The summed E-state index contributed by atoms with van der Waals surface area (Å²) in [4.78, 5) is 25.8. The van der Waals surface area contributed by atoms with Gasteiger partial charge < -0.3 is 10.0 Å². The van der Waals surface area contributed by atoms with Crippen LogP contribution in [0.1, 0.15) is 36.6 Å². The Kier molecular flexibility index (Phi) is 6.70. The third-order valence-electron chi connectivity index (χ3n) is 5.77. The second-order valence-corrected chi connectivity index (χ2v) is 8.15. The zero-order chi connectivity index (χ0) is 21.0. The molecule has 1 N–H and O–H groups in total. The van der Waals surface area contributed by atoms with Crippen molar-refractivity contribution in [1.82, 2.24) is 9.80 Å². The monoisotopic (exact) mass is 394 g/mol. The van der Waals surface area contributed by atoms with Gasteiger partial charge in [0.2, 0.25) is 5.91 Å². The van der Waals surface area contributed by atoms with E-state index in [0.29, 0.717) is 11.8 Å². The van der Waals surface area contributed by atoms with Crippen LogP contribution in [0, 0.1) is 18.8 Å². The SMILES string of the molecule is CC(=O)N1C[C@H]2CN(Cc3cccc(C)c3)C[C@H]2[C@@H]1c1ccccc1.CC(=O)O. The first-order valence-electron chi connectivity index (χ1n) is 10.1. The van der Waals surface area contributed by atoms with Crippen LogP contribution in [0.3, 0.4) is 0 Å². The van der Waals surface area contributed by atoms with Gasteiger partial charge in [0.1, 0.15) is 0 Å². The first kappa shape index (κ1) is 21.1. The summed E-state index contributed by atoms with van der Waals surface area (Å²) in [6, 6.07) is 19.6. The number of aliphatic carboxylic acids is 1. The third-order valence-corrected chi connectivity index (χ3v) is 5.77. The number of likely N-dealkylation sites (tertiary alicyclic amines) is 2. The number of fused-ring (bicyclic) bond motifs is 1. The minimum Gasteiger partial charge on any atom is -0.481 e. The first-order valence-corrected chi connectivity index (χ1v) is 10.1. The van der Waals surface area contributed by atoms with Crippen molar-refractivity contribution in [2.45, 2.75) is 33.4 Å². The molecule has 2 aliphatic rings. The van der Waals surface area contributed by atoms with E-state index in [1.807, 2.05) is 6.07 Å². The molecule has 0 aliphatic carbocycles. The summed E-state index contributed by atoms with van der Waals surface area (Å²) in [5.74, 6) is 0.489. The van der Waals surface area contributed by atoms with Gasteiger partial charge in [-0.2, -0.15) is 0 Å². The molecule has 0 unspecified atom stereocenters. The summed E-state index contributed by atoms with van der Waals surface area (Å²) < 4.78 is 0. The lowest BCUT2D eigenvalue weighted by molar-refractivity contribution is -0.134. The van der Waals surface area contributed by atoms with E-state index in [0.717, 1.165) is 33.1 Å². The Morgan fingerprint density at radius 3 is 2.31 bits per heavy atom. The predicted molar refractivity (Wildman–Crippen MR) is 113 cm³/mol. The smallest absolute Gasteiger partial charge is 0.300 e. The Labute approximate surface area is 172 Å². The van der Waals surface area contributed by atoms with E-state index in [1.54, 1.807) is 6.92 Å². The molecule has 3 atom stereocenters. The zero-order valence-electron chi connectivity index (χ0n) is 17.4. The van der Waals surface area contributed by atoms with Gasteiger partial charge in [-0.3, -0.25) is 14.5 Å². The predicted octanol–water partition coefficient (Wildman–Crippen LogP) is 3.74. The summed E-state index contributed by atoms with van der Waals surface area (Å²) in [7, 11) is 0. The summed E-state index contributed by atoms with van der Waals surface area (Å²) in [6.07, 6.45) is 0. The molecule has 5 heteroatoms. The van der Waals surface area contributed by atoms with Gasteiger partial charge in [0.05, 0.1) is 6.04 Å². The third kappa shape index (κ3) is 5.24. The maximum atomic E-state index is 12.2. The lowest BCUT2D eigenvalue weighted by Crippen LogP contribution is -2.34. The van der Waals surface area contributed by atoms with Crippen LogP contribution in [0.4, 0.5) is 0 Å². The molecule has 0 radical (unpaired) electrons. The maximum absolute atomic E-state index is 12.2. The van der Waals surface area contributed by atoms with E-state index < -0.39 is 5.97 Å². The fraction of sp³-hybridized carbons (Fsp3) is 0.417. The lowest BCUT2D eigenvalue weighted by atomic mass is 9.89. The van der Waals surface area contributed by atoms with E-state index in [1.165, 1.54) is 16.7 Å². The fourth-order valence-corrected chi connectivity index (χ4v) is 4.74. The molecule has 2 aromatic rings. The quantitative estimate of drug-likeness (QED) is 0.862. The van der Waals surface area contributed by atoms with Crippen LogP contribution in [0.2, 0.25) is 0 Å². The van der Waals surface area contributed by atoms with Crippen molar-refractivity contribution in [3.8, 4) is 0 Å². The van der Waals surface area contributed by atoms with Crippen LogP contribution in [-0.4, -0.2) is 46.4 Å². The number of nitrogens with zero attached hydrogens (tertiary/aromatic N) is 2. The van der Waals surface area contributed by atoms with E-state index in [-0.39, 0.29) is 11.9 Å². The summed E-state index contributed by atoms with van der Waals surface area (Å²) in [5.41, 5.74) is 3.99. The Hall–Kier alpha value is -2.66. The second kappa shape index (κ2) is 9.23. The number of amides is 1. The molecular weight excluding hydrogens is 364 g/mol. The number of hydrogen-bond donors (Lipinski definition) is 1. The minimum atomic E-state index is -0.833. The van der Waals surface area contributed by atoms with E-state index >= 15 is 0 Å². The summed E-state index contributed by atoms with van der Waals surface area (Å²) in [6.45, 7) is 9.01. The number of carbonyl (C=O) groups excluding carboxylic acids is 1. The van der Waals surface area contributed by atoms with Gasteiger partial charge in [-0.25, -0.2) is 0 Å². The Balaban J connectivity index is 0.000000552. The molecule has 4 rings (SSSR count). The Morgan fingerprint density at radius 2 is 1.69 bits per heavy atom. The van der Waals surface area contributed by atoms with Gasteiger partial charge in [0.25, 0.3) is 5.97 Å². The number of benzene rings is 2. The van der Waals surface area contributed by atoms with E-state index in [4.69, 9.17) is 9.90 Å². The number of carboxylic acid groups (broad SMARTS) is 1. The van der Waals surface area contributed by atoms with Crippen molar-refractivity contribution in [3.63, 3.8) is 0 Å². The molecule has 2 fully saturated rings. The molecule has 2 aromatic carbocycles. The number of carbonyl (C=O) groups is 2. The first-order chi connectivity index (χ1) is 13.8. The summed E-state index contributed by atoms with van der Waals surface area (Å²) >= 11 is 0. The van der Waals surface area contributed by atoms with Gasteiger partial charge in [-0.1, -0.05) is 60.2 Å². The Bertz CT molecular complexity index is 848. The molecule has 0 saturated carbocycles. The number of hydrogen-bond acceptors (Lipinski definition) is 3. The van der Waals surface area contributed by atoms with Gasteiger partial charge in [0, 0.05) is 45.9 Å². The van der Waals surface area contributed by atoms with Crippen molar-refractivity contribution in [2.24, 2.45) is 11.8 Å². The van der Waals surface area contributed by atoms with E-state index in [9.17, 15) is 4.79 Å². The highest BCUT2D eigenvalue weighted by Crippen LogP contribution is 2.45.